The van der Waals surface area contributed by atoms with Gasteiger partial charge in [0, 0.05) is 22.3 Å². The van der Waals surface area contributed by atoms with Gasteiger partial charge in [-0.1, -0.05) is 53.5 Å². The highest BCUT2D eigenvalue weighted by Gasteiger charge is 2.15. The summed E-state index contributed by atoms with van der Waals surface area (Å²) in [5.74, 6) is 0.548. The molecule has 0 saturated carbocycles. The number of nitrogens with one attached hydrogen (secondary N) is 1. The maximum absolute atomic E-state index is 14.1. The topological polar surface area (TPSA) is 65.4 Å². The molecule has 4 rings (SSSR count). The number of para-hydroxylation sites is 2. The molecule has 0 spiro atoms. The predicted molar refractivity (Wildman–Crippen MR) is 129 cm³/mol. The summed E-state index contributed by atoms with van der Waals surface area (Å²) in [6, 6.07) is 18.8. The minimum atomic E-state index is -0.447. The number of benzene rings is 3. The van der Waals surface area contributed by atoms with Gasteiger partial charge in [-0.25, -0.2) is 4.39 Å². The number of halogens is 3. The molecule has 0 atom stereocenters. The number of ether oxygens (including phenoxy) is 2. The van der Waals surface area contributed by atoms with E-state index in [-0.39, 0.29) is 34.6 Å². The third-order valence-electron chi connectivity index (χ3n) is 4.98. The zero-order valence-corrected chi connectivity index (χ0v) is 19.6. The first kappa shape index (κ1) is 23.6. The molecule has 9 heteroatoms. The van der Waals surface area contributed by atoms with Crippen LogP contribution in [0.3, 0.4) is 0 Å². The molecular formula is C25H20Cl2FN3O3. The lowest BCUT2D eigenvalue weighted by Crippen LogP contribution is -2.14. The first-order chi connectivity index (χ1) is 16.4. The Bertz CT molecular complexity index is 1310. The van der Waals surface area contributed by atoms with Gasteiger partial charge >= 0.3 is 0 Å². The molecule has 0 bridgehead atoms. The van der Waals surface area contributed by atoms with Gasteiger partial charge in [0.25, 0.3) is 5.91 Å². The lowest BCUT2D eigenvalue weighted by Gasteiger charge is -2.11. The van der Waals surface area contributed by atoms with E-state index in [4.69, 9.17) is 32.7 Å². The van der Waals surface area contributed by atoms with Gasteiger partial charge in [0.1, 0.15) is 17.4 Å². The van der Waals surface area contributed by atoms with Gasteiger partial charge in [0.05, 0.1) is 13.7 Å². The molecular weight excluding hydrogens is 480 g/mol. The summed E-state index contributed by atoms with van der Waals surface area (Å²) in [6.07, 6.45) is 1.50. The van der Waals surface area contributed by atoms with Gasteiger partial charge in [-0.2, -0.15) is 5.10 Å². The SMILES string of the molecule is COc1ccccc1OCc1cccc(C(=O)Nc2nn(Cc3c(F)cccc3Cl)cc2Cl)c1. The van der Waals surface area contributed by atoms with E-state index in [0.29, 0.717) is 17.1 Å². The second-order valence-electron chi connectivity index (χ2n) is 7.32. The summed E-state index contributed by atoms with van der Waals surface area (Å²) in [6.45, 7) is 0.317. The molecule has 1 heterocycles. The van der Waals surface area contributed by atoms with Crippen molar-refractivity contribution < 1.29 is 18.7 Å². The largest absolute Gasteiger partial charge is 0.493 e. The number of carbonyl (C=O) groups excluding carboxylic acids is 1. The van der Waals surface area contributed by atoms with Crippen molar-refractivity contribution in [2.75, 3.05) is 12.4 Å². The maximum Gasteiger partial charge on any atom is 0.256 e. The highest BCUT2D eigenvalue weighted by atomic mass is 35.5. The lowest BCUT2D eigenvalue weighted by atomic mass is 10.1. The van der Waals surface area contributed by atoms with Crippen molar-refractivity contribution in [1.82, 2.24) is 9.78 Å². The summed E-state index contributed by atoms with van der Waals surface area (Å²) < 4.78 is 26.6. The van der Waals surface area contributed by atoms with Crippen molar-refractivity contribution in [3.63, 3.8) is 0 Å². The smallest absolute Gasteiger partial charge is 0.256 e. The molecule has 34 heavy (non-hydrogen) atoms. The Morgan fingerprint density at radius 2 is 1.79 bits per heavy atom. The molecule has 1 N–H and O–H groups in total. The minimum absolute atomic E-state index is 0.0663. The molecule has 0 saturated heterocycles. The van der Waals surface area contributed by atoms with Crippen molar-refractivity contribution in [3.8, 4) is 11.5 Å². The van der Waals surface area contributed by atoms with Crippen LogP contribution in [-0.4, -0.2) is 22.8 Å². The standard InChI is InChI=1S/C25H20Cl2FN3O3/c1-33-22-10-2-3-11-23(22)34-15-16-6-4-7-17(12-16)25(32)29-24-20(27)14-31(30-24)13-18-19(26)8-5-9-21(18)28/h2-12,14H,13,15H2,1H3,(H,29,30,32). The number of anilines is 1. The van der Waals surface area contributed by atoms with Crippen molar-refractivity contribution in [2.45, 2.75) is 13.2 Å². The Balaban J connectivity index is 1.44. The van der Waals surface area contributed by atoms with E-state index in [1.54, 1.807) is 31.4 Å². The summed E-state index contributed by atoms with van der Waals surface area (Å²) in [4.78, 5) is 12.8. The molecule has 3 aromatic carbocycles. The molecule has 0 aliphatic carbocycles. The van der Waals surface area contributed by atoms with Crippen LogP contribution in [-0.2, 0) is 13.2 Å². The van der Waals surface area contributed by atoms with Gasteiger partial charge in [0.2, 0.25) is 0 Å². The molecule has 0 fully saturated rings. The van der Waals surface area contributed by atoms with E-state index in [0.717, 1.165) is 5.56 Å². The average molecular weight is 500 g/mol. The fourth-order valence-electron chi connectivity index (χ4n) is 3.29. The van der Waals surface area contributed by atoms with Crippen molar-refractivity contribution in [3.05, 3.63) is 105 Å². The Labute approximate surface area is 205 Å². The molecule has 1 aromatic heterocycles. The number of carbonyl (C=O) groups is 1. The van der Waals surface area contributed by atoms with Crippen LogP contribution >= 0.6 is 23.2 Å². The third kappa shape index (κ3) is 5.50. The van der Waals surface area contributed by atoms with E-state index < -0.39 is 11.7 Å². The number of methoxy groups -OCH3 is 1. The second-order valence-corrected chi connectivity index (χ2v) is 8.13. The van der Waals surface area contributed by atoms with Crippen LogP contribution in [0.2, 0.25) is 10.0 Å². The van der Waals surface area contributed by atoms with E-state index in [2.05, 4.69) is 10.4 Å². The monoisotopic (exact) mass is 499 g/mol. The van der Waals surface area contributed by atoms with Gasteiger partial charge in [-0.3, -0.25) is 9.48 Å². The van der Waals surface area contributed by atoms with Crippen LogP contribution in [0.4, 0.5) is 10.2 Å². The zero-order chi connectivity index (χ0) is 24.1. The second kappa shape index (κ2) is 10.6. The van der Waals surface area contributed by atoms with Crippen LogP contribution in [0.15, 0.2) is 72.9 Å². The molecule has 0 aliphatic rings. The average Bonchev–Trinajstić information content (AvgIpc) is 3.19. The first-order valence-corrected chi connectivity index (χ1v) is 11.0. The molecule has 0 aliphatic heterocycles. The maximum atomic E-state index is 14.1. The molecule has 4 aromatic rings. The van der Waals surface area contributed by atoms with E-state index in [1.807, 2.05) is 30.3 Å². The third-order valence-corrected chi connectivity index (χ3v) is 5.61. The molecule has 0 radical (unpaired) electrons. The minimum Gasteiger partial charge on any atom is -0.493 e. The van der Waals surface area contributed by atoms with E-state index in [9.17, 15) is 9.18 Å². The predicted octanol–water partition coefficient (Wildman–Crippen LogP) is 6.22. The van der Waals surface area contributed by atoms with Gasteiger partial charge < -0.3 is 14.8 Å². The van der Waals surface area contributed by atoms with Crippen molar-refractivity contribution >= 4 is 34.9 Å². The number of hydrogen-bond donors (Lipinski definition) is 1. The van der Waals surface area contributed by atoms with Crippen LogP contribution in [0.5, 0.6) is 11.5 Å². The fraction of sp³-hybridized carbons (Fsp3) is 0.120. The number of hydrogen-bond acceptors (Lipinski definition) is 4. The Morgan fingerprint density at radius 3 is 2.56 bits per heavy atom. The van der Waals surface area contributed by atoms with Crippen LogP contribution in [0.25, 0.3) is 0 Å². The Hall–Kier alpha value is -3.55. The van der Waals surface area contributed by atoms with E-state index >= 15 is 0 Å². The zero-order valence-electron chi connectivity index (χ0n) is 18.1. The number of amides is 1. The van der Waals surface area contributed by atoms with Crippen LogP contribution in [0, 0.1) is 5.82 Å². The van der Waals surface area contributed by atoms with Gasteiger partial charge in [-0.05, 0) is 42.0 Å². The summed E-state index contributed by atoms with van der Waals surface area (Å²) >= 11 is 12.3. The number of rotatable bonds is 8. The summed E-state index contributed by atoms with van der Waals surface area (Å²) in [5, 5.41) is 7.45. The quantitative estimate of drug-likeness (QED) is 0.312. The van der Waals surface area contributed by atoms with Crippen LogP contribution < -0.4 is 14.8 Å². The fourth-order valence-corrected chi connectivity index (χ4v) is 3.71. The molecule has 0 unspecified atom stereocenters. The van der Waals surface area contributed by atoms with Crippen molar-refractivity contribution in [1.29, 1.82) is 0 Å². The first-order valence-electron chi connectivity index (χ1n) is 10.3. The number of nitrogens with zero attached hydrogens (tertiary/aromatic N) is 2. The highest BCUT2D eigenvalue weighted by Crippen LogP contribution is 2.27. The molecule has 1 amide bonds. The molecule has 174 valence electrons. The summed E-state index contributed by atoms with van der Waals surface area (Å²) in [5.41, 5.74) is 1.48. The van der Waals surface area contributed by atoms with Crippen LogP contribution in [0.1, 0.15) is 21.5 Å². The van der Waals surface area contributed by atoms with Gasteiger partial charge in [-0.15, -0.1) is 0 Å². The Morgan fingerprint density at radius 1 is 1.03 bits per heavy atom. The van der Waals surface area contributed by atoms with Gasteiger partial charge in [0.15, 0.2) is 17.3 Å². The molecule has 6 nitrogen and oxygen atoms in total. The normalized spacial score (nSPS) is 10.7. The number of aromatic nitrogens is 2. The van der Waals surface area contributed by atoms with Crippen molar-refractivity contribution in [2.24, 2.45) is 0 Å². The lowest BCUT2D eigenvalue weighted by molar-refractivity contribution is 0.102. The van der Waals surface area contributed by atoms with E-state index in [1.165, 1.54) is 23.0 Å². The Kier molecular flexibility index (Phi) is 7.35. The summed E-state index contributed by atoms with van der Waals surface area (Å²) in [7, 11) is 1.57. The highest BCUT2D eigenvalue weighted by molar-refractivity contribution is 6.33.